The van der Waals surface area contributed by atoms with E-state index < -0.39 is 0 Å². The van der Waals surface area contributed by atoms with Crippen molar-refractivity contribution in [3.8, 4) is 11.1 Å². The van der Waals surface area contributed by atoms with E-state index in [4.69, 9.17) is 4.42 Å². The lowest BCUT2D eigenvalue weighted by Gasteiger charge is -2.52. The Morgan fingerprint density at radius 1 is 0.500 bits per heavy atom. The van der Waals surface area contributed by atoms with E-state index in [1.54, 1.807) is 5.56 Å². The van der Waals surface area contributed by atoms with Gasteiger partial charge in [-0.3, -0.25) is 4.90 Å². The van der Waals surface area contributed by atoms with Crippen LogP contribution in [0.1, 0.15) is 166 Å². The monoisotopic (exact) mass is 895 g/mol. The number of anilines is 6. The van der Waals surface area contributed by atoms with E-state index in [2.05, 4.69) is 210 Å². The number of nitrogens with zero attached hydrogens (tertiary/aromatic N) is 2. The number of rotatable bonds is 3. The molecule has 1 fully saturated rings. The molecule has 346 valence electrons. The SMILES string of the molecule is Cc1cc(C(C)(C)C)cc(C)c1N1c2ccc(C(C)(C)C)cc2B2c3c(cc(-c4ccccc4)cc31)N(c1ccc3c(c1)C(C)(C)CCC3(C)C)c1oc3cc4c(cc3c12)C1(C)CCC4(C)CC1. The van der Waals surface area contributed by atoms with Gasteiger partial charge in [0, 0.05) is 33.6 Å². The molecule has 6 aromatic carbocycles. The van der Waals surface area contributed by atoms with Crippen LogP contribution in [-0.2, 0) is 32.5 Å². The molecular formula is C64H71BN2O. The highest BCUT2D eigenvalue weighted by molar-refractivity contribution is 7.01. The first-order valence-corrected chi connectivity index (χ1v) is 25.8. The van der Waals surface area contributed by atoms with Gasteiger partial charge in [0.2, 0.25) is 5.88 Å². The molecule has 1 aromatic heterocycles. The molecule has 0 saturated heterocycles. The summed E-state index contributed by atoms with van der Waals surface area (Å²) in [7, 11) is 0. The van der Waals surface area contributed by atoms with Gasteiger partial charge in [0.25, 0.3) is 6.71 Å². The predicted octanol–water partition coefficient (Wildman–Crippen LogP) is 15.8. The fourth-order valence-corrected chi connectivity index (χ4v) is 13.7. The highest BCUT2D eigenvalue weighted by Gasteiger charge is 2.51. The molecule has 4 heteroatoms. The average molecular weight is 895 g/mol. The number of hydrogen-bond donors (Lipinski definition) is 0. The average Bonchev–Trinajstić information content (AvgIpc) is 3.66. The van der Waals surface area contributed by atoms with Crippen LogP contribution in [0.25, 0.3) is 22.1 Å². The van der Waals surface area contributed by atoms with Crippen molar-refractivity contribution >= 4 is 68.4 Å². The van der Waals surface area contributed by atoms with Crippen molar-refractivity contribution in [1.29, 1.82) is 0 Å². The standard InChI is InChI=1S/C64H71BN2O/c1-38-30-43(60(6,7)8)31-39(2)57(38)67-51-23-20-42(59(3,4)5)34-50(51)65-55-45-36-48-49(64(14)28-26-63(48,13)27-29-64)37-54(45)68-58(55)66(44-21-22-46-47(35-44)62(11,12)25-24-61(46,9)10)52-32-41(33-53(67)56(52)65)40-18-16-15-17-19-40/h15-23,30-37H,24-29H2,1-14H3. The normalized spacial score (nSPS) is 21.9. The van der Waals surface area contributed by atoms with Crippen molar-refractivity contribution in [2.75, 3.05) is 9.80 Å². The summed E-state index contributed by atoms with van der Waals surface area (Å²) in [4.78, 5) is 5.22. The summed E-state index contributed by atoms with van der Waals surface area (Å²) in [6.45, 7) is 33.6. The molecule has 3 nitrogen and oxygen atoms in total. The maximum absolute atomic E-state index is 7.66. The number of aryl methyl sites for hydroxylation is 2. The second-order valence-electron chi connectivity index (χ2n) is 26.0. The van der Waals surface area contributed by atoms with Crippen molar-refractivity contribution in [2.24, 2.45) is 0 Å². The van der Waals surface area contributed by atoms with E-state index in [0.29, 0.717) is 0 Å². The highest BCUT2D eigenvalue weighted by atomic mass is 16.4. The van der Waals surface area contributed by atoms with Crippen LogP contribution in [0.2, 0.25) is 0 Å². The van der Waals surface area contributed by atoms with E-state index in [-0.39, 0.29) is 39.2 Å². The predicted molar refractivity (Wildman–Crippen MR) is 291 cm³/mol. The Kier molecular flexibility index (Phi) is 9.06. The van der Waals surface area contributed by atoms with Crippen LogP contribution >= 0.6 is 0 Å². The van der Waals surface area contributed by atoms with Gasteiger partial charge in [-0.2, -0.15) is 0 Å². The molecule has 6 aliphatic rings. The molecule has 2 bridgehead atoms. The van der Waals surface area contributed by atoms with Gasteiger partial charge < -0.3 is 9.32 Å². The summed E-state index contributed by atoms with van der Waals surface area (Å²) in [6, 6.07) is 41.0. The van der Waals surface area contributed by atoms with Crippen LogP contribution in [0.15, 0.2) is 108 Å². The van der Waals surface area contributed by atoms with Crippen molar-refractivity contribution < 1.29 is 4.42 Å². The molecule has 2 aliphatic heterocycles. The lowest BCUT2D eigenvalue weighted by molar-refractivity contribution is 0.188. The van der Waals surface area contributed by atoms with Crippen LogP contribution in [0.5, 0.6) is 0 Å². The minimum absolute atomic E-state index is 0.0258. The van der Waals surface area contributed by atoms with Crippen LogP contribution < -0.4 is 26.2 Å². The summed E-state index contributed by atoms with van der Waals surface area (Å²) in [5.41, 5.74) is 25.4. The van der Waals surface area contributed by atoms with Gasteiger partial charge in [-0.05, 0) is 194 Å². The molecule has 13 rings (SSSR count). The van der Waals surface area contributed by atoms with E-state index in [1.807, 2.05) is 0 Å². The molecule has 0 N–H and O–H groups in total. The minimum Gasteiger partial charge on any atom is -0.440 e. The molecule has 4 aliphatic carbocycles. The molecule has 68 heavy (non-hydrogen) atoms. The van der Waals surface area contributed by atoms with E-state index >= 15 is 0 Å². The van der Waals surface area contributed by atoms with Gasteiger partial charge in [-0.25, -0.2) is 0 Å². The third kappa shape index (κ3) is 6.23. The first kappa shape index (κ1) is 43.8. The van der Waals surface area contributed by atoms with Crippen molar-refractivity contribution in [1.82, 2.24) is 0 Å². The lowest BCUT2D eigenvalue weighted by Crippen LogP contribution is -2.61. The third-order valence-corrected chi connectivity index (χ3v) is 18.2. The molecule has 0 unspecified atom stereocenters. The molecule has 3 heterocycles. The zero-order valence-corrected chi connectivity index (χ0v) is 43.4. The molecular weight excluding hydrogens is 824 g/mol. The van der Waals surface area contributed by atoms with Gasteiger partial charge in [0.15, 0.2) is 0 Å². The maximum Gasteiger partial charge on any atom is 0.257 e. The second-order valence-corrected chi connectivity index (χ2v) is 26.0. The Balaban J connectivity index is 1.24. The maximum atomic E-state index is 7.66. The topological polar surface area (TPSA) is 19.6 Å². The zero-order chi connectivity index (χ0) is 47.8. The fraction of sp³-hybridized carbons (Fsp3) is 0.406. The molecule has 0 radical (unpaired) electrons. The first-order chi connectivity index (χ1) is 32.0. The Hall–Kier alpha value is -5.48. The Morgan fingerprint density at radius 3 is 1.71 bits per heavy atom. The number of benzene rings is 6. The fourth-order valence-electron chi connectivity index (χ4n) is 13.7. The van der Waals surface area contributed by atoms with Crippen molar-refractivity contribution in [2.45, 2.75) is 168 Å². The quantitative estimate of drug-likeness (QED) is 0.165. The summed E-state index contributed by atoms with van der Waals surface area (Å²) in [6.07, 6.45) is 7.31. The van der Waals surface area contributed by atoms with Crippen LogP contribution in [0, 0.1) is 13.8 Å². The van der Waals surface area contributed by atoms with E-state index in [0.717, 1.165) is 17.9 Å². The minimum atomic E-state index is -0.0597. The summed E-state index contributed by atoms with van der Waals surface area (Å²) < 4.78 is 7.66. The number of furan rings is 1. The third-order valence-electron chi connectivity index (χ3n) is 18.2. The van der Waals surface area contributed by atoms with Crippen LogP contribution in [0.3, 0.4) is 0 Å². The zero-order valence-electron chi connectivity index (χ0n) is 43.4. The molecule has 7 aromatic rings. The summed E-state index contributed by atoms with van der Waals surface area (Å²) in [5, 5.41) is 1.27. The van der Waals surface area contributed by atoms with Gasteiger partial charge >= 0.3 is 0 Å². The highest BCUT2D eigenvalue weighted by Crippen LogP contribution is 2.58. The summed E-state index contributed by atoms with van der Waals surface area (Å²) in [5.74, 6) is 0.967. The van der Waals surface area contributed by atoms with Gasteiger partial charge in [0.1, 0.15) is 5.58 Å². The van der Waals surface area contributed by atoms with Gasteiger partial charge in [-0.15, -0.1) is 0 Å². The Morgan fingerprint density at radius 2 is 1.09 bits per heavy atom. The lowest BCUT2D eigenvalue weighted by atomic mass is 9.33. The first-order valence-electron chi connectivity index (χ1n) is 25.8. The largest absolute Gasteiger partial charge is 0.440 e. The smallest absolute Gasteiger partial charge is 0.257 e. The molecule has 0 amide bonds. The van der Waals surface area contributed by atoms with E-state index in [9.17, 15) is 0 Å². The number of fused-ring (bicyclic) bond motifs is 9. The van der Waals surface area contributed by atoms with Gasteiger partial charge in [-0.1, -0.05) is 144 Å². The Labute approximate surface area is 407 Å². The van der Waals surface area contributed by atoms with E-state index in [1.165, 1.54) is 132 Å². The van der Waals surface area contributed by atoms with Gasteiger partial charge in [0.05, 0.1) is 5.69 Å². The Bertz CT molecular complexity index is 3250. The second kappa shape index (κ2) is 14.1. The summed E-state index contributed by atoms with van der Waals surface area (Å²) >= 11 is 0. The molecule has 0 atom stereocenters. The van der Waals surface area contributed by atoms with Crippen molar-refractivity contribution in [3.63, 3.8) is 0 Å². The molecule has 1 saturated carbocycles. The van der Waals surface area contributed by atoms with Crippen LogP contribution in [-0.4, -0.2) is 6.71 Å². The molecule has 0 spiro atoms. The van der Waals surface area contributed by atoms with Crippen LogP contribution in [0.4, 0.5) is 34.3 Å². The van der Waals surface area contributed by atoms with Crippen molar-refractivity contribution in [3.05, 3.63) is 148 Å². The number of hydrogen-bond acceptors (Lipinski definition) is 3.